The first-order valence-electron chi connectivity index (χ1n) is 3.47. The zero-order chi connectivity index (χ0) is 7.94. The van der Waals surface area contributed by atoms with Crippen LogP contribution in [0.15, 0.2) is 43.0 Å². The molecule has 0 unspecified atom stereocenters. The maximum Gasteiger partial charge on any atom is 0.0925 e. The lowest BCUT2D eigenvalue weighted by atomic mass is 10.3. The lowest BCUT2D eigenvalue weighted by Gasteiger charge is -2.02. The minimum Gasteiger partial charge on any atom is -0.272 e. The van der Waals surface area contributed by atoms with Gasteiger partial charge in [-0.1, -0.05) is 24.3 Å². The number of para-hydroxylation sites is 1. The molecule has 0 atom stereocenters. The minimum absolute atomic E-state index is 0. The van der Waals surface area contributed by atoms with Crippen LogP contribution in [-0.2, 0) is 4.84 Å². The Morgan fingerprint density at radius 2 is 2.00 bits per heavy atom. The summed E-state index contributed by atoms with van der Waals surface area (Å²) in [5.74, 6) is 0. The molecule has 3 heteroatoms. The van der Waals surface area contributed by atoms with Gasteiger partial charge in [-0.25, -0.2) is 0 Å². The summed E-state index contributed by atoms with van der Waals surface area (Å²) < 4.78 is 0. The second-order valence-corrected chi connectivity index (χ2v) is 2.07. The first-order chi connectivity index (χ1) is 5.43. The molecular formula is C9H12ClNO. The predicted molar refractivity (Wildman–Crippen MR) is 53.5 cm³/mol. The number of hydrogen-bond acceptors (Lipinski definition) is 2. The van der Waals surface area contributed by atoms with Gasteiger partial charge in [0.05, 0.1) is 12.3 Å². The van der Waals surface area contributed by atoms with Gasteiger partial charge < -0.3 is 0 Å². The predicted octanol–water partition coefficient (Wildman–Crippen LogP) is 2.64. The van der Waals surface area contributed by atoms with Gasteiger partial charge in [-0.2, -0.15) is 0 Å². The maximum atomic E-state index is 5.00. The number of nitrogens with one attached hydrogen (secondary N) is 1. The highest BCUT2D eigenvalue weighted by atomic mass is 35.5. The molecule has 0 radical (unpaired) electrons. The average Bonchev–Trinajstić information content (AvgIpc) is 2.07. The second-order valence-electron chi connectivity index (χ2n) is 2.07. The second kappa shape index (κ2) is 6.70. The van der Waals surface area contributed by atoms with E-state index in [0.29, 0.717) is 6.61 Å². The highest BCUT2D eigenvalue weighted by Crippen LogP contribution is 2.03. The number of anilines is 1. The Labute approximate surface area is 78.6 Å². The minimum atomic E-state index is 0. The summed E-state index contributed by atoms with van der Waals surface area (Å²) in [6, 6.07) is 9.71. The van der Waals surface area contributed by atoms with E-state index in [1.165, 1.54) is 0 Å². The average molecular weight is 186 g/mol. The van der Waals surface area contributed by atoms with E-state index in [1.807, 2.05) is 30.3 Å². The molecular weight excluding hydrogens is 174 g/mol. The molecule has 0 saturated heterocycles. The summed E-state index contributed by atoms with van der Waals surface area (Å²) in [5, 5.41) is 0. The van der Waals surface area contributed by atoms with E-state index in [0.717, 1.165) is 5.69 Å². The van der Waals surface area contributed by atoms with Crippen LogP contribution in [0.25, 0.3) is 0 Å². The van der Waals surface area contributed by atoms with Gasteiger partial charge in [0.1, 0.15) is 0 Å². The number of halogens is 1. The van der Waals surface area contributed by atoms with Crippen molar-refractivity contribution in [3.63, 3.8) is 0 Å². The monoisotopic (exact) mass is 185 g/mol. The fourth-order valence-electron chi connectivity index (χ4n) is 0.690. The van der Waals surface area contributed by atoms with Gasteiger partial charge in [0.25, 0.3) is 0 Å². The van der Waals surface area contributed by atoms with Crippen LogP contribution in [0.3, 0.4) is 0 Å². The Bertz CT molecular complexity index is 213. The van der Waals surface area contributed by atoms with Crippen molar-refractivity contribution in [2.45, 2.75) is 0 Å². The molecule has 1 N–H and O–H groups in total. The number of benzene rings is 1. The molecule has 1 rings (SSSR count). The van der Waals surface area contributed by atoms with E-state index in [2.05, 4.69) is 12.1 Å². The van der Waals surface area contributed by atoms with Gasteiger partial charge in [0.2, 0.25) is 0 Å². The number of rotatable bonds is 4. The van der Waals surface area contributed by atoms with Crippen LogP contribution in [0.2, 0.25) is 0 Å². The summed E-state index contributed by atoms with van der Waals surface area (Å²) in [5.41, 5.74) is 3.73. The first kappa shape index (κ1) is 11.0. The van der Waals surface area contributed by atoms with Crippen LogP contribution in [0.4, 0.5) is 5.69 Å². The molecule has 0 aliphatic heterocycles. The molecule has 0 fully saturated rings. The van der Waals surface area contributed by atoms with Crippen molar-refractivity contribution in [1.29, 1.82) is 0 Å². The van der Waals surface area contributed by atoms with Gasteiger partial charge in [0.15, 0.2) is 0 Å². The Morgan fingerprint density at radius 3 is 2.58 bits per heavy atom. The van der Waals surface area contributed by atoms with Crippen LogP contribution in [0.1, 0.15) is 0 Å². The van der Waals surface area contributed by atoms with Crippen molar-refractivity contribution < 1.29 is 4.84 Å². The fraction of sp³-hybridized carbons (Fsp3) is 0.111. The van der Waals surface area contributed by atoms with Crippen LogP contribution < -0.4 is 5.48 Å². The van der Waals surface area contributed by atoms with E-state index < -0.39 is 0 Å². The zero-order valence-electron chi connectivity index (χ0n) is 6.69. The highest BCUT2D eigenvalue weighted by molar-refractivity contribution is 5.85. The van der Waals surface area contributed by atoms with Gasteiger partial charge >= 0.3 is 0 Å². The zero-order valence-corrected chi connectivity index (χ0v) is 7.51. The summed E-state index contributed by atoms with van der Waals surface area (Å²) in [6.07, 6.45) is 1.69. The van der Waals surface area contributed by atoms with Crippen molar-refractivity contribution >= 4 is 18.1 Å². The third-order valence-electron chi connectivity index (χ3n) is 1.16. The third-order valence-corrected chi connectivity index (χ3v) is 1.16. The largest absolute Gasteiger partial charge is 0.272 e. The SMILES string of the molecule is C=CCONc1ccccc1.Cl. The Hall–Kier alpha value is -0.990. The molecule has 0 aromatic heterocycles. The molecule has 1 aromatic rings. The molecule has 0 spiro atoms. The summed E-state index contributed by atoms with van der Waals surface area (Å²) in [7, 11) is 0. The molecule has 12 heavy (non-hydrogen) atoms. The molecule has 0 aliphatic carbocycles. The normalized spacial score (nSPS) is 8.33. The quantitative estimate of drug-likeness (QED) is 0.443. The molecule has 66 valence electrons. The summed E-state index contributed by atoms with van der Waals surface area (Å²) >= 11 is 0. The van der Waals surface area contributed by atoms with Crippen molar-refractivity contribution in [2.24, 2.45) is 0 Å². The van der Waals surface area contributed by atoms with Crippen molar-refractivity contribution in [3.05, 3.63) is 43.0 Å². The van der Waals surface area contributed by atoms with Crippen molar-refractivity contribution in [1.82, 2.24) is 0 Å². The molecule has 2 nitrogen and oxygen atoms in total. The van der Waals surface area contributed by atoms with Crippen LogP contribution >= 0.6 is 12.4 Å². The van der Waals surface area contributed by atoms with E-state index in [1.54, 1.807) is 6.08 Å². The van der Waals surface area contributed by atoms with E-state index in [-0.39, 0.29) is 12.4 Å². The third kappa shape index (κ3) is 4.01. The van der Waals surface area contributed by atoms with Crippen LogP contribution in [-0.4, -0.2) is 6.61 Å². The van der Waals surface area contributed by atoms with Crippen molar-refractivity contribution in [3.8, 4) is 0 Å². The van der Waals surface area contributed by atoms with Crippen molar-refractivity contribution in [2.75, 3.05) is 12.1 Å². The van der Waals surface area contributed by atoms with E-state index in [9.17, 15) is 0 Å². The van der Waals surface area contributed by atoms with Crippen LogP contribution in [0, 0.1) is 0 Å². The molecule has 0 heterocycles. The smallest absolute Gasteiger partial charge is 0.0925 e. The Morgan fingerprint density at radius 1 is 1.33 bits per heavy atom. The molecule has 0 saturated carbocycles. The topological polar surface area (TPSA) is 21.3 Å². The Kier molecular flexibility index (Phi) is 6.15. The standard InChI is InChI=1S/C9H11NO.ClH/c1-2-8-11-10-9-6-4-3-5-7-9;/h2-7,10H,1,8H2;1H. The molecule has 0 bridgehead atoms. The molecule has 0 amide bonds. The molecule has 0 aliphatic rings. The fourth-order valence-corrected chi connectivity index (χ4v) is 0.690. The highest BCUT2D eigenvalue weighted by Gasteiger charge is 1.85. The van der Waals surface area contributed by atoms with Crippen LogP contribution in [0.5, 0.6) is 0 Å². The van der Waals surface area contributed by atoms with Gasteiger partial charge in [0, 0.05) is 0 Å². The Balaban J connectivity index is 0.00000121. The van der Waals surface area contributed by atoms with E-state index >= 15 is 0 Å². The summed E-state index contributed by atoms with van der Waals surface area (Å²) in [6.45, 7) is 4.04. The lowest BCUT2D eigenvalue weighted by Crippen LogP contribution is -1.99. The summed E-state index contributed by atoms with van der Waals surface area (Å²) in [4.78, 5) is 5.00. The maximum absolute atomic E-state index is 5.00. The number of hydrogen-bond donors (Lipinski definition) is 1. The lowest BCUT2D eigenvalue weighted by molar-refractivity contribution is 0.228. The van der Waals surface area contributed by atoms with Gasteiger partial charge in [-0.3, -0.25) is 10.3 Å². The van der Waals surface area contributed by atoms with Gasteiger partial charge in [-0.05, 0) is 12.1 Å². The molecule has 1 aromatic carbocycles. The first-order valence-corrected chi connectivity index (χ1v) is 3.47. The van der Waals surface area contributed by atoms with Gasteiger partial charge in [-0.15, -0.1) is 19.0 Å². The van der Waals surface area contributed by atoms with E-state index in [4.69, 9.17) is 4.84 Å².